The van der Waals surface area contributed by atoms with Gasteiger partial charge < -0.3 is 5.73 Å². The zero-order chi connectivity index (χ0) is 12.6. The summed E-state index contributed by atoms with van der Waals surface area (Å²) in [6.07, 6.45) is 0.873. The molecule has 1 aromatic carbocycles. The molecule has 1 fully saturated rings. The molecule has 2 nitrogen and oxygen atoms in total. The maximum absolute atomic E-state index is 13.8. The van der Waals surface area contributed by atoms with Gasteiger partial charge in [0, 0.05) is 30.7 Å². The van der Waals surface area contributed by atoms with Crippen LogP contribution in [0.1, 0.15) is 18.9 Å². The van der Waals surface area contributed by atoms with Crippen LogP contribution in [-0.4, -0.2) is 23.5 Å². The second kappa shape index (κ2) is 5.00. The summed E-state index contributed by atoms with van der Waals surface area (Å²) < 4.78 is 27.7. The molecule has 1 aliphatic heterocycles. The van der Waals surface area contributed by atoms with E-state index < -0.39 is 11.6 Å². The van der Waals surface area contributed by atoms with Gasteiger partial charge in [0.05, 0.1) is 4.47 Å². The van der Waals surface area contributed by atoms with Crippen LogP contribution in [-0.2, 0) is 6.54 Å². The molecular formula is C12H15BrF2N2. The molecule has 1 aliphatic rings. The normalized spacial score (nSPS) is 25.5. The van der Waals surface area contributed by atoms with Crippen LogP contribution in [0.15, 0.2) is 16.6 Å². The maximum Gasteiger partial charge on any atom is 0.144 e. The minimum atomic E-state index is -0.516. The van der Waals surface area contributed by atoms with Crippen LogP contribution < -0.4 is 5.73 Å². The van der Waals surface area contributed by atoms with E-state index in [0.717, 1.165) is 13.0 Å². The Balaban J connectivity index is 2.22. The summed E-state index contributed by atoms with van der Waals surface area (Å²) in [6, 6.07) is 2.91. The van der Waals surface area contributed by atoms with Gasteiger partial charge in [0.25, 0.3) is 0 Å². The van der Waals surface area contributed by atoms with E-state index in [1.807, 2.05) is 11.8 Å². The Hall–Kier alpha value is -0.520. The molecular weight excluding hydrogens is 290 g/mol. The van der Waals surface area contributed by atoms with E-state index in [1.54, 1.807) is 0 Å². The Labute approximate surface area is 108 Å². The summed E-state index contributed by atoms with van der Waals surface area (Å²) in [6.45, 7) is 3.05. The van der Waals surface area contributed by atoms with Gasteiger partial charge in [0.2, 0.25) is 0 Å². The lowest BCUT2D eigenvalue weighted by Gasteiger charge is -2.23. The molecule has 1 aromatic rings. The average Bonchev–Trinajstić information content (AvgIpc) is 2.61. The van der Waals surface area contributed by atoms with Gasteiger partial charge in [0.1, 0.15) is 11.6 Å². The highest BCUT2D eigenvalue weighted by Gasteiger charge is 2.29. The first-order chi connectivity index (χ1) is 8.00. The van der Waals surface area contributed by atoms with E-state index in [2.05, 4.69) is 15.9 Å². The Kier molecular flexibility index (Phi) is 3.80. The van der Waals surface area contributed by atoms with Crippen molar-refractivity contribution < 1.29 is 8.78 Å². The number of hydrogen-bond donors (Lipinski definition) is 1. The summed E-state index contributed by atoms with van der Waals surface area (Å²) in [4.78, 5) is 2.01. The van der Waals surface area contributed by atoms with E-state index in [1.165, 1.54) is 12.1 Å². The van der Waals surface area contributed by atoms with E-state index in [9.17, 15) is 8.78 Å². The van der Waals surface area contributed by atoms with Crippen molar-refractivity contribution in [2.24, 2.45) is 5.73 Å². The van der Waals surface area contributed by atoms with E-state index in [-0.39, 0.29) is 24.2 Å². The van der Waals surface area contributed by atoms with Gasteiger partial charge in [0.15, 0.2) is 0 Å². The van der Waals surface area contributed by atoms with Gasteiger partial charge in [-0.3, -0.25) is 4.90 Å². The predicted octanol–water partition coefficient (Wildman–Crippen LogP) is 2.65. The van der Waals surface area contributed by atoms with Crippen molar-refractivity contribution in [3.8, 4) is 0 Å². The molecule has 2 unspecified atom stereocenters. The molecule has 0 amide bonds. The molecule has 0 radical (unpaired) electrons. The summed E-state index contributed by atoms with van der Waals surface area (Å²) >= 11 is 3.07. The van der Waals surface area contributed by atoms with Gasteiger partial charge in [-0.15, -0.1) is 0 Å². The predicted molar refractivity (Wildman–Crippen MR) is 66.5 cm³/mol. The summed E-state index contributed by atoms with van der Waals surface area (Å²) in [5.41, 5.74) is 6.00. The minimum absolute atomic E-state index is 0.0910. The van der Waals surface area contributed by atoms with Crippen molar-refractivity contribution >= 4 is 15.9 Å². The lowest BCUT2D eigenvalue weighted by atomic mass is 10.1. The SMILES string of the molecule is CC1C(N)CCN1Cc1c(F)ccc(Br)c1F. The largest absolute Gasteiger partial charge is 0.326 e. The summed E-state index contributed by atoms with van der Waals surface area (Å²) in [7, 11) is 0. The molecule has 0 aromatic heterocycles. The summed E-state index contributed by atoms with van der Waals surface area (Å²) in [5, 5.41) is 0. The van der Waals surface area contributed by atoms with Crippen LogP contribution in [0.3, 0.4) is 0 Å². The van der Waals surface area contributed by atoms with Crippen molar-refractivity contribution in [3.63, 3.8) is 0 Å². The number of likely N-dealkylation sites (tertiary alicyclic amines) is 1. The monoisotopic (exact) mass is 304 g/mol. The molecule has 5 heteroatoms. The minimum Gasteiger partial charge on any atom is -0.326 e. The third-order valence-corrected chi connectivity index (χ3v) is 4.06. The Morgan fingerprint density at radius 1 is 1.47 bits per heavy atom. The van der Waals surface area contributed by atoms with Crippen molar-refractivity contribution in [2.45, 2.75) is 32.0 Å². The van der Waals surface area contributed by atoms with Crippen LogP contribution in [0.2, 0.25) is 0 Å². The molecule has 1 heterocycles. The van der Waals surface area contributed by atoms with Crippen LogP contribution in [0.5, 0.6) is 0 Å². The van der Waals surface area contributed by atoms with Crippen LogP contribution >= 0.6 is 15.9 Å². The van der Waals surface area contributed by atoms with E-state index >= 15 is 0 Å². The Bertz CT molecular complexity index is 425. The molecule has 2 atom stereocenters. The third kappa shape index (κ3) is 2.51. The van der Waals surface area contributed by atoms with Crippen molar-refractivity contribution in [2.75, 3.05) is 6.54 Å². The molecule has 0 saturated carbocycles. The first kappa shape index (κ1) is 12.9. The molecule has 1 saturated heterocycles. The zero-order valence-electron chi connectivity index (χ0n) is 9.59. The Morgan fingerprint density at radius 2 is 2.18 bits per heavy atom. The fraction of sp³-hybridized carbons (Fsp3) is 0.500. The van der Waals surface area contributed by atoms with E-state index in [0.29, 0.717) is 4.47 Å². The number of benzene rings is 1. The first-order valence-electron chi connectivity index (χ1n) is 5.62. The highest BCUT2D eigenvalue weighted by Crippen LogP contribution is 2.25. The van der Waals surface area contributed by atoms with Gasteiger partial charge in [-0.1, -0.05) is 0 Å². The van der Waals surface area contributed by atoms with Crippen LogP contribution in [0.25, 0.3) is 0 Å². The molecule has 17 heavy (non-hydrogen) atoms. The van der Waals surface area contributed by atoms with Crippen molar-refractivity contribution in [1.82, 2.24) is 4.90 Å². The topological polar surface area (TPSA) is 29.3 Å². The van der Waals surface area contributed by atoms with Crippen LogP contribution in [0, 0.1) is 11.6 Å². The molecule has 94 valence electrons. The molecule has 0 aliphatic carbocycles. The maximum atomic E-state index is 13.8. The first-order valence-corrected chi connectivity index (χ1v) is 6.42. The van der Waals surface area contributed by atoms with Crippen LogP contribution in [0.4, 0.5) is 8.78 Å². The van der Waals surface area contributed by atoms with Crippen molar-refractivity contribution in [3.05, 3.63) is 33.8 Å². The number of nitrogens with two attached hydrogens (primary N) is 1. The number of nitrogens with zero attached hydrogens (tertiary/aromatic N) is 1. The number of hydrogen-bond acceptors (Lipinski definition) is 2. The van der Waals surface area contributed by atoms with Crippen molar-refractivity contribution in [1.29, 1.82) is 0 Å². The highest BCUT2D eigenvalue weighted by molar-refractivity contribution is 9.10. The standard InChI is InChI=1S/C12H15BrF2N2/c1-7-11(16)4-5-17(7)6-8-10(14)3-2-9(13)12(8)15/h2-3,7,11H,4-6,16H2,1H3. The van der Waals surface area contributed by atoms with Gasteiger partial charge >= 0.3 is 0 Å². The second-order valence-corrected chi connectivity index (χ2v) is 5.34. The van der Waals surface area contributed by atoms with Gasteiger partial charge in [-0.05, 0) is 41.4 Å². The van der Waals surface area contributed by atoms with Gasteiger partial charge in [-0.25, -0.2) is 8.78 Å². The molecule has 0 spiro atoms. The molecule has 2 rings (SSSR count). The fourth-order valence-electron chi connectivity index (χ4n) is 2.17. The van der Waals surface area contributed by atoms with Gasteiger partial charge in [-0.2, -0.15) is 0 Å². The molecule has 2 N–H and O–H groups in total. The lowest BCUT2D eigenvalue weighted by Crippen LogP contribution is -2.36. The lowest BCUT2D eigenvalue weighted by molar-refractivity contribution is 0.244. The summed E-state index contributed by atoms with van der Waals surface area (Å²) in [5.74, 6) is -1.02. The smallest absolute Gasteiger partial charge is 0.144 e. The Morgan fingerprint density at radius 3 is 2.76 bits per heavy atom. The third-order valence-electron chi connectivity index (χ3n) is 3.45. The quantitative estimate of drug-likeness (QED) is 0.851. The number of rotatable bonds is 2. The van der Waals surface area contributed by atoms with E-state index in [4.69, 9.17) is 5.73 Å². The zero-order valence-corrected chi connectivity index (χ0v) is 11.2. The number of halogens is 3. The molecule has 0 bridgehead atoms. The average molecular weight is 305 g/mol. The second-order valence-electron chi connectivity index (χ2n) is 4.49. The highest BCUT2D eigenvalue weighted by atomic mass is 79.9. The fourth-order valence-corrected chi connectivity index (χ4v) is 2.54.